The summed E-state index contributed by atoms with van der Waals surface area (Å²) in [6, 6.07) is 2.01. The van der Waals surface area contributed by atoms with Crippen LogP contribution in [0.3, 0.4) is 0 Å². The van der Waals surface area contributed by atoms with Gasteiger partial charge in [0.05, 0.1) is 14.2 Å². The quantitative estimate of drug-likeness (QED) is 0.520. The molecule has 4 heteroatoms. The molecule has 0 spiro atoms. The molecule has 17 heavy (non-hydrogen) atoms. The highest BCUT2D eigenvalue weighted by atomic mass is 79.9. The first-order chi connectivity index (χ1) is 7.92. The molecule has 96 valence electrons. The summed E-state index contributed by atoms with van der Waals surface area (Å²) in [5, 5.41) is 0.878. The third-order valence-corrected chi connectivity index (χ3v) is 7.11. The summed E-state index contributed by atoms with van der Waals surface area (Å²) in [6.45, 7) is 4.69. The standard InChI is InChI=1S/C13H17BrCl2S/c1-13(2)6-4-3-5-8(13)11(16)10-7-9(15)12(14)17-10/h7-8,11H,3-6H2,1-2H3. The topological polar surface area (TPSA) is 0 Å². The molecule has 2 atom stereocenters. The van der Waals surface area contributed by atoms with Crippen LogP contribution >= 0.6 is 50.5 Å². The summed E-state index contributed by atoms with van der Waals surface area (Å²) in [7, 11) is 0. The summed E-state index contributed by atoms with van der Waals surface area (Å²) in [5.74, 6) is 0.555. The Morgan fingerprint density at radius 1 is 1.47 bits per heavy atom. The van der Waals surface area contributed by atoms with Crippen LogP contribution in [-0.2, 0) is 0 Å². The lowest BCUT2D eigenvalue weighted by Gasteiger charge is -2.41. The summed E-state index contributed by atoms with van der Waals surface area (Å²) in [4.78, 5) is 1.20. The lowest BCUT2D eigenvalue weighted by Crippen LogP contribution is -2.30. The van der Waals surface area contributed by atoms with Gasteiger partial charge in [0.25, 0.3) is 0 Å². The van der Waals surface area contributed by atoms with Crippen molar-refractivity contribution >= 4 is 50.5 Å². The van der Waals surface area contributed by atoms with Crippen molar-refractivity contribution in [3.05, 3.63) is 19.8 Å². The van der Waals surface area contributed by atoms with Gasteiger partial charge < -0.3 is 0 Å². The van der Waals surface area contributed by atoms with Gasteiger partial charge in [0.1, 0.15) is 0 Å². The molecule has 0 bridgehead atoms. The van der Waals surface area contributed by atoms with E-state index in [1.165, 1.54) is 30.6 Å². The maximum atomic E-state index is 6.69. The van der Waals surface area contributed by atoms with Gasteiger partial charge in [-0.2, -0.15) is 0 Å². The Labute approximate surface area is 126 Å². The molecule has 2 rings (SSSR count). The maximum Gasteiger partial charge on any atom is 0.0887 e. The van der Waals surface area contributed by atoms with Crippen LogP contribution in [0.25, 0.3) is 0 Å². The van der Waals surface area contributed by atoms with Crippen molar-refractivity contribution in [3.8, 4) is 0 Å². The molecule has 0 amide bonds. The predicted octanol–water partition coefficient (Wildman–Crippen LogP) is 6.66. The first kappa shape index (κ1) is 14.2. The van der Waals surface area contributed by atoms with Gasteiger partial charge in [0.15, 0.2) is 0 Å². The van der Waals surface area contributed by atoms with E-state index in [2.05, 4.69) is 29.8 Å². The first-order valence-corrected chi connectivity index (χ1v) is 8.43. The molecule has 1 saturated carbocycles. The monoisotopic (exact) mass is 354 g/mol. The number of thiophene rings is 1. The van der Waals surface area contributed by atoms with Gasteiger partial charge in [-0.3, -0.25) is 0 Å². The maximum absolute atomic E-state index is 6.69. The number of halogens is 3. The molecule has 2 unspecified atom stereocenters. The zero-order valence-corrected chi connectivity index (χ0v) is 14.0. The molecule has 1 aliphatic rings. The molecule has 1 aliphatic carbocycles. The molecule has 1 heterocycles. The molecule has 0 radical (unpaired) electrons. The predicted molar refractivity (Wildman–Crippen MR) is 81.4 cm³/mol. The Kier molecular flexibility index (Phi) is 4.50. The Bertz CT molecular complexity index is 381. The molecule has 0 saturated heterocycles. The molecule has 1 aromatic heterocycles. The minimum absolute atomic E-state index is 0.0964. The van der Waals surface area contributed by atoms with E-state index in [0.717, 1.165) is 8.81 Å². The van der Waals surface area contributed by atoms with Crippen LogP contribution in [0.5, 0.6) is 0 Å². The van der Waals surface area contributed by atoms with Crippen molar-refractivity contribution in [2.24, 2.45) is 11.3 Å². The Balaban J connectivity index is 2.21. The molecular formula is C13H17BrCl2S. The normalized spacial score (nSPS) is 25.8. The largest absolute Gasteiger partial charge is 0.130 e. The molecule has 0 aromatic carbocycles. The summed E-state index contributed by atoms with van der Waals surface area (Å²) < 4.78 is 0.994. The fourth-order valence-corrected chi connectivity index (χ4v) is 5.21. The van der Waals surface area contributed by atoms with Crippen LogP contribution in [0.1, 0.15) is 49.8 Å². The van der Waals surface area contributed by atoms with Crippen LogP contribution in [0.15, 0.2) is 9.85 Å². The molecular weight excluding hydrogens is 339 g/mol. The molecule has 0 nitrogen and oxygen atoms in total. The molecule has 1 aromatic rings. The number of alkyl halides is 1. The minimum atomic E-state index is 0.0964. The van der Waals surface area contributed by atoms with Crippen molar-refractivity contribution in [2.45, 2.75) is 44.9 Å². The van der Waals surface area contributed by atoms with Crippen LogP contribution < -0.4 is 0 Å². The fourth-order valence-electron chi connectivity index (χ4n) is 2.76. The SMILES string of the molecule is CC1(C)CCCCC1C(Cl)c1cc(Cl)c(Br)s1. The molecule has 0 aliphatic heterocycles. The van der Waals surface area contributed by atoms with E-state index in [9.17, 15) is 0 Å². The number of hydrogen-bond acceptors (Lipinski definition) is 1. The zero-order valence-electron chi connectivity index (χ0n) is 10.1. The smallest absolute Gasteiger partial charge is 0.0887 e. The zero-order chi connectivity index (χ0) is 12.6. The Morgan fingerprint density at radius 3 is 2.71 bits per heavy atom. The highest BCUT2D eigenvalue weighted by Crippen LogP contribution is 2.51. The van der Waals surface area contributed by atoms with Crippen LogP contribution in [-0.4, -0.2) is 0 Å². The van der Waals surface area contributed by atoms with Crippen molar-refractivity contribution < 1.29 is 0 Å². The van der Waals surface area contributed by atoms with E-state index in [4.69, 9.17) is 23.2 Å². The van der Waals surface area contributed by atoms with Crippen LogP contribution in [0, 0.1) is 11.3 Å². The Hall–Kier alpha value is 0.760. The lowest BCUT2D eigenvalue weighted by atomic mass is 9.67. The number of hydrogen-bond donors (Lipinski definition) is 0. The highest BCUT2D eigenvalue weighted by molar-refractivity contribution is 9.11. The van der Waals surface area contributed by atoms with Crippen LogP contribution in [0.4, 0.5) is 0 Å². The first-order valence-electron chi connectivity index (χ1n) is 6.00. The number of rotatable bonds is 2. The third-order valence-electron chi connectivity index (χ3n) is 3.88. The average Bonchev–Trinajstić information content (AvgIpc) is 2.58. The molecule has 0 N–H and O–H groups in total. The Morgan fingerprint density at radius 2 is 2.18 bits per heavy atom. The average molecular weight is 356 g/mol. The van der Waals surface area contributed by atoms with Gasteiger partial charge in [-0.1, -0.05) is 38.3 Å². The second-order valence-corrected chi connectivity index (χ2v) is 8.79. The highest BCUT2D eigenvalue weighted by Gasteiger charge is 2.38. The van der Waals surface area contributed by atoms with Gasteiger partial charge in [-0.25, -0.2) is 0 Å². The van der Waals surface area contributed by atoms with Gasteiger partial charge in [-0.15, -0.1) is 22.9 Å². The third kappa shape index (κ3) is 3.02. The van der Waals surface area contributed by atoms with Gasteiger partial charge >= 0.3 is 0 Å². The van der Waals surface area contributed by atoms with Crippen LogP contribution in [0.2, 0.25) is 5.02 Å². The fraction of sp³-hybridized carbons (Fsp3) is 0.692. The second-order valence-electron chi connectivity index (χ2n) is 5.51. The van der Waals surface area contributed by atoms with Gasteiger partial charge in [-0.05, 0) is 46.2 Å². The van der Waals surface area contributed by atoms with E-state index in [1.807, 2.05) is 6.07 Å². The molecule has 1 fully saturated rings. The van der Waals surface area contributed by atoms with E-state index in [-0.39, 0.29) is 5.38 Å². The van der Waals surface area contributed by atoms with Crippen molar-refractivity contribution in [2.75, 3.05) is 0 Å². The van der Waals surface area contributed by atoms with E-state index in [0.29, 0.717) is 11.3 Å². The summed E-state index contributed by atoms with van der Waals surface area (Å²) in [5.41, 5.74) is 0.341. The van der Waals surface area contributed by atoms with Crippen molar-refractivity contribution in [1.29, 1.82) is 0 Å². The van der Waals surface area contributed by atoms with E-state index < -0.39 is 0 Å². The van der Waals surface area contributed by atoms with E-state index in [1.54, 1.807) is 11.3 Å². The minimum Gasteiger partial charge on any atom is -0.130 e. The lowest BCUT2D eigenvalue weighted by molar-refractivity contribution is 0.134. The van der Waals surface area contributed by atoms with Gasteiger partial charge in [0, 0.05) is 4.88 Å². The van der Waals surface area contributed by atoms with Gasteiger partial charge in [0.2, 0.25) is 0 Å². The van der Waals surface area contributed by atoms with Crippen molar-refractivity contribution in [1.82, 2.24) is 0 Å². The second kappa shape index (κ2) is 5.40. The summed E-state index contributed by atoms with van der Waals surface area (Å²) in [6.07, 6.45) is 5.15. The van der Waals surface area contributed by atoms with E-state index >= 15 is 0 Å². The summed E-state index contributed by atoms with van der Waals surface area (Å²) >= 11 is 17.9. The van der Waals surface area contributed by atoms with Crippen molar-refractivity contribution in [3.63, 3.8) is 0 Å².